The lowest BCUT2D eigenvalue weighted by atomic mass is 10.2. The first-order valence-corrected chi connectivity index (χ1v) is 4.31. The Labute approximate surface area is 87.2 Å². The van der Waals surface area contributed by atoms with Gasteiger partial charge in [0.05, 0.1) is 0 Å². The molecule has 1 amide bonds. The van der Waals surface area contributed by atoms with Crippen LogP contribution in [0.3, 0.4) is 0 Å². The molecule has 4 nitrogen and oxygen atoms in total. The molecule has 0 unspecified atom stereocenters. The third-order valence-corrected chi connectivity index (χ3v) is 1.93. The fourth-order valence-corrected chi connectivity index (χ4v) is 1.01. The van der Waals surface area contributed by atoms with E-state index in [9.17, 15) is 9.59 Å². The zero-order valence-corrected chi connectivity index (χ0v) is 8.28. The lowest BCUT2D eigenvalue weighted by molar-refractivity contribution is -0.134. The van der Waals surface area contributed by atoms with Gasteiger partial charge in [0.2, 0.25) is 0 Å². The van der Waals surface area contributed by atoms with Crippen LogP contribution in [0.4, 0.5) is 5.69 Å². The molecular weight excluding hydrogens is 194 g/mol. The first-order chi connectivity index (χ1) is 7.02. The number of benzene rings is 1. The van der Waals surface area contributed by atoms with Crippen LogP contribution in [0.2, 0.25) is 0 Å². The lowest BCUT2D eigenvalue weighted by Crippen LogP contribution is -2.19. The summed E-state index contributed by atoms with van der Waals surface area (Å²) in [7, 11) is 0. The number of anilines is 1. The van der Waals surface area contributed by atoms with Crippen molar-refractivity contribution in [2.45, 2.75) is 6.92 Å². The van der Waals surface area contributed by atoms with Gasteiger partial charge in [-0.25, -0.2) is 4.79 Å². The van der Waals surface area contributed by atoms with E-state index in [2.05, 4.69) is 11.9 Å². The highest BCUT2D eigenvalue weighted by Crippen LogP contribution is 2.13. The first kappa shape index (κ1) is 11.0. The van der Waals surface area contributed by atoms with Crippen molar-refractivity contribution in [1.82, 2.24) is 0 Å². The van der Waals surface area contributed by atoms with Crippen molar-refractivity contribution < 1.29 is 14.7 Å². The molecule has 0 atom stereocenters. The summed E-state index contributed by atoms with van der Waals surface area (Å²) in [5.41, 5.74) is 0.979. The Kier molecular flexibility index (Phi) is 3.23. The van der Waals surface area contributed by atoms with Crippen molar-refractivity contribution in [3.05, 3.63) is 42.0 Å². The third-order valence-electron chi connectivity index (χ3n) is 1.93. The zero-order valence-electron chi connectivity index (χ0n) is 8.28. The van der Waals surface area contributed by atoms with Gasteiger partial charge in [0, 0.05) is 5.69 Å². The van der Waals surface area contributed by atoms with Crippen LogP contribution in [-0.4, -0.2) is 17.0 Å². The number of nitrogens with one attached hydrogen (secondary N) is 1. The Morgan fingerprint density at radius 3 is 2.47 bits per heavy atom. The summed E-state index contributed by atoms with van der Waals surface area (Å²) in [5.74, 6) is -2.02. The average molecular weight is 205 g/mol. The molecule has 0 aliphatic heterocycles. The Hall–Kier alpha value is -2.10. The van der Waals surface area contributed by atoms with Gasteiger partial charge in [0.25, 0.3) is 5.91 Å². The van der Waals surface area contributed by atoms with Gasteiger partial charge in [-0.2, -0.15) is 0 Å². The summed E-state index contributed by atoms with van der Waals surface area (Å²) in [6.45, 7) is 4.99. The van der Waals surface area contributed by atoms with E-state index >= 15 is 0 Å². The van der Waals surface area contributed by atoms with Crippen molar-refractivity contribution >= 4 is 17.6 Å². The molecule has 0 bridgehead atoms. The Morgan fingerprint density at radius 1 is 1.33 bits per heavy atom. The number of para-hydroxylation sites is 1. The first-order valence-electron chi connectivity index (χ1n) is 4.31. The summed E-state index contributed by atoms with van der Waals surface area (Å²) in [4.78, 5) is 21.8. The Balaban J connectivity index is 2.80. The van der Waals surface area contributed by atoms with Gasteiger partial charge < -0.3 is 10.4 Å². The second-order valence-corrected chi connectivity index (χ2v) is 3.05. The van der Waals surface area contributed by atoms with E-state index in [4.69, 9.17) is 5.11 Å². The summed E-state index contributed by atoms with van der Waals surface area (Å²) in [6.07, 6.45) is 0. The summed E-state index contributed by atoms with van der Waals surface area (Å²) in [6, 6.07) is 7.10. The van der Waals surface area contributed by atoms with Crippen molar-refractivity contribution in [2.75, 3.05) is 5.32 Å². The number of carbonyl (C=O) groups excluding carboxylic acids is 1. The van der Waals surface area contributed by atoms with Crippen LogP contribution < -0.4 is 5.32 Å². The second kappa shape index (κ2) is 4.41. The normalized spacial score (nSPS) is 9.40. The second-order valence-electron chi connectivity index (χ2n) is 3.05. The molecule has 15 heavy (non-hydrogen) atoms. The van der Waals surface area contributed by atoms with Gasteiger partial charge in [0.15, 0.2) is 0 Å². The smallest absolute Gasteiger partial charge is 0.340 e. The molecule has 0 radical (unpaired) electrons. The number of amides is 1. The summed E-state index contributed by atoms with van der Waals surface area (Å²) in [5, 5.41) is 11.0. The number of carbonyl (C=O) groups is 2. The third kappa shape index (κ3) is 2.67. The number of hydrogen-bond acceptors (Lipinski definition) is 2. The molecule has 4 heteroatoms. The topological polar surface area (TPSA) is 66.4 Å². The van der Waals surface area contributed by atoms with Crippen LogP contribution in [0.25, 0.3) is 0 Å². The summed E-state index contributed by atoms with van der Waals surface area (Å²) < 4.78 is 0. The highest BCUT2D eigenvalue weighted by molar-refractivity contribution is 6.20. The van der Waals surface area contributed by atoms with Gasteiger partial charge in [0.1, 0.15) is 5.57 Å². The molecule has 0 saturated heterocycles. The maximum atomic E-state index is 11.3. The maximum absolute atomic E-state index is 11.3. The quantitative estimate of drug-likeness (QED) is 0.447. The van der Waals surface area contributed by atoms with Gasteiger partial charge in [-0.1, -0.05) is 24.8 Å². The minimum absolute atomic E-state index is 0.474. The van der Waals surface area contributed by atoms with E-state index in [0.717, 1.165) is 5.56 Å². The highest BCUT2D eigenvalue weighted by Gasteiger charge is 2.14. The van der Waals surface area contributed by atoms with E-state index in [0.29, 0.717) is 5.69 Å². The Bertz CT molecular complexity index is 424. The number of rotatable bonds is 3. The lowest BCUT2D eigenvalue weighted by Gasteiger charge is -2.07. The van der Waals surface area contributed by atoms with Crippen molar-refractivity contribution in [3.63, 3.8) is 0 Å². The van der Waals surface area contributed by atoms with E-state index in [1.807, 2.05) is 19.1 Å². The minimum atomic E-state index is -1.32. The van der Waals surface area contributed by atoms with Gasteiger partial charge >= 0.3 is 5.97 Å². The largest absolute Gasteiger partial charge is 0.478 e. The number of hydrogen-bond donors (Lipinski definition) is 2. The molecule has 1 aromatic rings. The predicted octanol–water partition coefficient (Wildman–Crippen LogP) is 1.57. The highest BCUT2D eigenvalue weighted by atomic mass is 16.4. The van der Waals surface area contributed by atoms with E-state index in [1.54, 1.807) is 12.1 Å². The van der Waals surface area contributed by atoms with Crippen LogP contribution >= 0.6 is 0 Å². The van der Waals surface area contributed by atoms with Gasteiger partial charge in [-0.15, -0.1) is 0 Å². The fraction of sp³-hybridized carbons (Fsp3) is 0.0909. The van der Waals surface area contributed by atoms with E-state index in [-0.39, 0.29) is 0 Å². The fourth-order valence-electron chi connectivity index (χ4n) is 1.01. The summed E-state index contributed by atoms with van der Waals surface area (Å²) >= 11 is 0. The van der Waals surface area contributed by atoms with Crippen LogP contribution in [0.1, 0.15) is 5.56 Å². The maximum Gasteiger partial charge on any atom is 0.340 e. The van der Waals surface area contributed by atoms with E-state index in [1.165, 1.54) is 0 Å². The molecule has 0 aliphatic rings. The van der Waals surface area contributed by atoms with Crippen LogP contribution in [0.5, 0.6) is 0 Å². The molecule has 1 rings (SSSR count). The number of aryl methyl sites for hydroxylation is 1. The molecule has 1 aromatic carbocycles. The molecule has 0 fully saturated rings. The van der Waals surface area contributed by atoms with Crippen LogP contribution in [0, 0.1) is 6.92 Å². The SMILES string of the molecule is C=C(C(=O)O)C(=O)Nc1ccccc1C. The molecule has 0 spiro atoms. The number of carboxylic acid groups (broad SMARTS) is 1. The zero-order chi connectivity index (χ0) is 11.4. The van der Waals surface area contributed by atoms with Crippen molar-refractivity contribution in [2.24, 2.45) is 0 Å². The molecule has 0 aromatic heterocycles. The van der Waals surface area contributed by atoms with Crippen molar-refractivity contribution in [1.29, 1.82) is 0 Å². The Morgan fingerprint density at radius 2 is 1.93 bits per heavy atom. The van der Waals surface area contributed by atoms with Gasteiger partial charge in [-0.3, -0.25) is 4.79 Å². The molecule has 0 aliphatic carbocycles. The average Bonchev–Trinajstić information content (AvgIpc) is 2.20. The van der Waals surface area contributed by atoms with Gasteiger partial charge in [-0.05, 0) is 18.6 Å². The van der Waals surface area contributed by atoms with Crippen LogP contribution in [-0.2, 0) is 9.59 Å². The molecule has 2 N–H and O–H groups in total. The molecule has 78 valence electrons. The predicted molar refractivity (Wildman–Crippen MR) is 56.6 cm³/mol. The van der Waals surface area contributed by atoms with E-state index < -0.39 is 17.4 Å². The standard InChI is InChI=1S/C11H11NO3/c1-7-5-3-4-6-9(7)12-10(13)8(2)11(14)15/h3-6H,2H2,1H3,(H,12,13)(H,14,15). The van der Waals surface area contributed by atoms with Crippen molar-refractivity contribution in [3.8, 4) is 0 Å². The minimum Gasteiger partial charge on any atom is -0.478 e. The number of aliphatic carboxylic acids is 1. The monoisotopic (exact) mass is 205 g/mol. The molecular formula is C11H11NO3. The van der Waals surface area contributed by atoms with Crippen LogP contribution in [0.15, 0.2) is 36.4 Å². The molecule has 0 saturated carbocycles. The molecule has 0 heterocycles. The number of carboxylic acids is 1.